The van der Waals surface area contributed by atoms with Crippen LogP contribution >= 0.6 is 0 Å². The molecule has 7 heteroatoms. The van der Waals surface area contributed by atoms with E-state index in [-0.39, 0.29) is 11.0 Å². The van der Waals surface area contributed by atoms with Crippen LogP contribution in [-0.4, -0.2) is 33.3 Å². The lowest BCUT2D eigenvalue weighted by Crippen LogP contribution is -2.14. The second kappa shape index (κ2) is 5.43. The molecule has 110 valence electrons. The Morgan fingerprint density at radius 2 is 2.05 bits per heavy atom. The molecular weight excluding hydrogens is 280 g/mol. The first-order chi connectivity index (χ1) is 9.38. The van der Waals surface area contributed by atoms with Crippen molar-refractivity contribution in [1.82, 2.24) is 4.57 Å². The summed E-state index contributed by atoms with van der Waals surface area (Å²) in [7, 11) is -0.720. The number of fused-ring (bicyclic) bond motifs is 1. The van der Waals surface area contributed by atoms with Gasteiger partial charge in [-0.05, 0) is 19.1 Å². The molecule has 0 amide bonds. The third-order valence-corrected chi connectivity index (χ3v) is 4.14. The molecule has 2 aromatic rings. The highest BCUT2D eigenvalue weighted by Crippen LogP contribution is 2.33. The van der Waals surface area contributed by atoms with Crippen LogP contribution in [0, 0.1) is 0 Å². The number of methoxy groups -OCH3 is 2. The van der Waals surface area contributed by atoms with Crippen molar-refractivity contribution in [3.8, 4) is 5.75 Å². The second-order valence-electron chi connectivity index (χ2n) is 4.59. The molecule has 0 bridgehead atoms. The number of hydrogen-bond acceptors (Lipinski definition) is 4. The van der Waals surface area contributed by atoms with Gasteiger partial charge < -0.3 is 14.0 Å². The molecular formula is C13H18N2O4S. The van der Waals surface area contributed by atoms with Crippen molar-refractivity contribution in [2.45, 2.75) is 24.5 Å². The Labute approximate surface area is 118 Å². The fraction of sp³-hybridized carbons (Fsp3) is 0.385. The van der Waals surface area contributed by atoms with Gasteiger partial charge in [0.1, 0.15) is 10.6 Å². The van der Waals surface area contributed by atoms with E-state index < -0.39 is 10.0 Å². The van der Waals surface area contributed by atoms with Crippen molar-refractivity contribution in [3.63, 3.8) is 0 Å². The van der Waals surface area contributed by atoms with Crippen LogP contribution in [0.25, 0.3) is 10.9 Å². The molecule has 0 aliphatic rings. The highest BCUT2D eigenvalue weighted by molar-refractivity contribution is 7.89. The van der Waals surface area contributed by atoms with E-state index >= 15 is 0 Å². The van der Waals surface area contributed by atoms with Crippen LogP contribution in [0.5, 0.6) is 5.75 Å². The fourth-order valence-electron chi connectivity index (χ4n) is 2.17. The average molecular weight is 298 g/mol. The molecule has 6 nitrogen and oxygen atoms in total. The van der Waals surface area contributed by atoms with Gasteiger partial charge in [0.15, 0.2) is 0 Å². The van der Waals surface area contributed by atoms with Gasteiger partial charge in [0.25, 0.3) is 0 Å². The van der Waals surface area contributed by atoms with Crippen LogP contribution < -0.4 is 9.88 Å². The van der Waals surface area contributed by atoms with Gasteiger partial charge in [-0.3, -0.25) is 0 Å². The normalized spacial score (nSPS) is 13.6. The molecule has 0 aliphatic carbocycles. The molecule has 2 N–H and O–H groups in total. The van der Waals surface area contributed by atoms with Crippen molar-refractivity contribution in [1.29, 1.82) is 0 Å². The van der Waals surface area contributed by atoms with Gasteiger partial charge in [-0.15, -0.1) is 0 Å². The van der Waals surface area contributed by atoms with E-state index in [1.165, 1.54) is 13.3 Å². The SMILES string of the molecule is COc1cccc2c1c(S(N)(=O)=O)cn2CC(C)OC. The predicted octanol–water partition coefficient (Wildman–Crippen LogP) is 1.33. The number of sulfonamides is 1. The molecule has 0 fully saturated rings. The number of ether oxygens (including phenoxy) is 2. The smallest absolute Gasteiger partial charge is 0.240 e. The highest BCUT2D eigenvalue weighted by atomic mass is 32.2. The minimum atomic E-state index is -3.83. The third kappa shape index (κ3) is 2.65. The summed E-state index contributed by atoms with van der Waals surface area (Å²) in [5.41, 5.74) is 0.747. The minimum absolute atomic E-state index is 0.0508. The lowest BCUT2D eigenvalue weighted by atomic mass is 10.2. The summed E-state index contributed by atoms with van der Waals surface area (Å²) in [5.74, 6) is 0.482. The summed E-state index contributed by atoms with van der Waals surface area (Å²) >= 11 is 0. The Hall–Kier alpha value is -1.57. The summed E-state index contributed by atoms with van der Waals surface area (Å²) in [5, 5.41) is 5.80. The number of nitrogens with two attached hydrogens (primary N) is 1. The molecule has 1 atom stereocenters. The molecule has 1 heterocycles. The van der Waals surface area contributed by atoms with Crippen LogP contribution in [0.1, 0.15) is 6.92 Å². The van der Waals surface area contributed by atoms with E-state index in [0.29, 0.717) is 17.7 Å². The molecule has 1 aromatic carbocycles. The zero-order valence-electron chi connectivity index (χ0n) is 11.7. The molecule has 0 aliphatic heterocycles. The first-order valence-electron chi connectivity index (χ1n) is 6.10. The maximum atomic E-state index is 11.8. The molecule has 0 saturated heterocycles. The highest BCUT2D eigenvalue weighted by Gasteiger charge is 2.21. The van der Waals surface area contributed by atoms with Gasteiger partial charge in [-0.25, -0.2) is 13.6 Å². The van der Waals surface area contributed by atoms with Gasteiger partial charge in [0, 0.05) is 19.9 Å². The zero-order valence-corrected chi connectivity index (χ0v) is 12.5. The Bertz CT molecular complexity index is 721. The summed E-state index contributed by atoms with van der Waals surface area (Å²) < 4.78 is 35.8. The number of benzene rings is 1. The average Bonchev–Trinajstić information content (AvgIpc) is 2.77. The van der Waals surface area contributed by atoms with Crippen molar-refractivity contribution in [3.05, 3.63) is 24.4 Å². The minimum Gasteiger partial charge on any atom is -0.496 e. The van der Waals surface area contributed by atoms with E-state index in [2.05, 4.69) is 0 Å². The fourth-order valence-corrected chi connectivity index (χ4v) is 2.93. The quantitative estimate of drug-likeness (QED) is 0.902. The van der Waals surface area contributed by atoms with Gasteiger partial charge in [0.2, 0.25) is 10.0 Å². The van der Waals surface area contributed by atoms with Gasteiger partial charge in [-0.1, -0.05) is 6.07 Å². The van der Waals surface area contributed by atoms with Crippen LogP contribution in [0.3, 0.4) is 0 Å². The maximum absolute atomic E-state index is 11.8. The number of hydrogen-bond donors (Lipinski definition) is 1. The van der Waals surface area contributed by atoms with E-state index in [1.54, 1.807) is 13.2 Å². The summed E-state index contributed by atoms with van der Waals surface area (Å²) in [6.45, 7) is 2.43. The largest absolute Gasteiger partial charge is 0.496 e. The number of aromatic nitrogens is 1. The summed E-state index contributed by atoms with van der Waals surface area (Å²) in [6, 6.07) is 5.35. The van der Waals surface area contributed by atoms with E-state index in [1.807, 2.05) is 23.6 Å². The molecule has 0 saturated carbocycles. The maximum Gasteiger partial charge on any atom is 0.240 e. The number of rotatable bonds is 5. The molecule has 0 radical (unpaired) electrons. The van der Waals surface area contributed by atoms with Crippen LogP contribution in [0.15, 0.2) is 29.3 Å². The Balaban J connectivity index is 2.73. The lowest BCUT2D eigenvalue weighted by molar-refractivity contribution is 0.104. The van der Waals surface area contributed by atoms with E-state index in [4.69, 9.17) is 14.6 Å². The van der Waals surface area contributed by atoms with Crippen molar-refractivity contribution < 1.29 is 17.9 Å². The van der Waals surface area contributed by atoms with Crippen LogP contribution in [-0.2, 0) is 21.3 Å². The summed E-state index contributed by atoms with van der Waals surface area (Å²) in [4.78, 5) is 0.0632. The number of primary sulfonamides is 1. The van der Waals surface area contributed by atoms with Crippen LogP contribution in [0.2, 0.25) is 0 Å². The standard InChI is InChI=1S/C13H18N2O4S/c1-9(18-2)7-15-8-12(20(14,16)17)13-10(15)5-4-6-11(13)19-3/h4-6,8-9H,7H2,1-3H3,(H2,14,16,17). The topological polar surface area (TPSA) is 83.5 Å². The van der Waals surface area contributed by atoms with E-state index in [0.717, 1.165) is 5.52 Å². The Morgan fingerprint density at radius 3 is 2.60 bits per heavy atom. The van der Waals surface area contributed by atoms with Gasteiger partial charge in [0.05, 0.1) is 24.1 Å². The van der Waals surface area contributed by atoms with Crippen LogP contribution in [0.4, 0.5) is 0 Å². The van der Waals surface area contributed by atoms with Gasteiger partial charge in [-0.2, -0.15) is 0 Å². The molecule has 20 heavy (non-hydrogen) atoms. The Kier molecular flexibility index (Phi) is 4.03. The Morgan fingerprint density at radius 1 is 1.35 bits per heavy atom. The van der Waals surface area contributed by atoms with Crippen molar-refractivity contribution in [2.75, 3.05) is 14.2 Å². The summed E-state index contributed by atoms with van der Waals surface area (Å²) in [6.07, 6.45) is 1.48. The third-order valence-electron chi connectivity index (χ3n) is 3.22. The monoisotopic (exact) mass is 298 g/mol. The first-order valence-corrected chi connectivity index (χ1v) is 7.64. The van der Waals surface area contributed by atoms with Crippen molar-refractivity contribution >= 4 is 20.9 Å². The predicted molar refractivity (Wildman–Crippen MR) is 76.3 cm³/mol. The van der Waals surface area contributed by atoms with Gasteiger partial charge >= 0.3 is 0 Å². The second-order valence-corrected chi connectivity index (χ2v) is 6.12. The van der Waals surface area contributed by atoms with Crippen molar-refractivity contribution in [2.24, 2.45) is 5.14 Å². The molecule has 1 unspecified atom stereocenters. The molecule has 0 spiro atoms. The van der Waals surface area contributed by atoms with E-state index in [9.17, 15) is 8.42 Å². The number of nitrogens with zero attached hydrogens (tertiary/aromatic N) is 1. The zero-order chi connectivity index (χ0) is 14.9. The lowest BCUT2D eigenvalue weighted by Gasteiger charge is -2.11. The molecule has 1 aromatic heterocycles. The first kappa shape index (κ1) is 14.8. The molecule has 2 rings (SSSR count).